The van der Waals surface area contributed by atoms with Gasteiger partial charge in [-0.15, -0.1) is 0 Å². The number of carbonyl (C=O) groups excluding carboxylic acids is 1. The Morgan fingerprint density at radius 3 is 2.36 bits per heavy atom. The van der Waals surface area contributed by atoms with Crippen LogP contribution in [0.1, 0.15) is 40.9 Å². The highest BCUT2D eigenvalue weighted by Crippen LogP contribution is 2.25. The minimum atomic E-state index is -0.896. The first-order valence-electron chi connectivity index (χ1n) is 7.25. The van der Waals surface area contributed by atoms with Gasteiger partial charge in [0.1, 0.15) is 12.3 Å². The second-order valence-electron chi connectivity index (χ2n) is 5.06. The molecule has 0 aliphatic heterocycles. The third-order valence-corrected chi connectivity index (χ3v) is 3.64. The zero-order valence-electron chi connectivity index (χ0n) is 12.4. The Labute approximate surface area is 129 Å². The smallest absolute Gasteiger partial charge is 0.320 e. The molecule has 0 fully saturated rings. The number of benzene rings is 2. The molecule has 22 heavy (non-hydrogen) atoms. The van der Waals surface area contributed by atoms with Crippen LogP contribution < -0.4 is 5.32 Å². The third kappa shape index (κ3) is 3.59. The Morgan fingerprint density at radius 2 is 1.77 bits per heavy atom. The minimum Gasteiger partial charge on any atom is -0.480 e. The standard InChI is InChI=1S/C18H19NO3/c1-2-16(18(21)22)19-17(13-8-4-3-5-9-13)15-11-7-6-10-14(15)12-20/h3-12,16-17,19H,2H2,1H3,(H,21,22). The van der Waals surface area contributed by atoms with Crippen LogP contribution in [0.2, 0.25) is 0 Å². The number of aliphatic carboxylic acids is 1. The van der Waals surface area contributed by atoms with E-state index in [-0.39, 0.29) is 6.04 Å². The van der Waals surface area contributed by atoms with Crippen LogP contribution in [0.3, 0.4) is 0 Å². The summed E-state index contributed by atoms with van der Waals surface area (Å²) in [6.07, 6.45) is 1.26. The van der Waals surface area contributed by atoms with E-state index >= 15 is 0 Å². The van der Waals surface area contributed by atoms with Gasteiger partial charge in [0.2, 0.25) is 0 Å². The van der Waals surface area contributed by atoms with E-state index in [1.54, 1.807) is 12.1 Å². The molecule has 0 aliphatic carbocycles. The van der Waals surface area contributed by atoms with Gasteiger partial charge in [0, 0.05) is 5.56 Å². The summed E-state index contributed by atoms with van der Waals surface area (Å²) in [5.74, 6) is -0.896. The zero-order valence-corrected chi connectivity index (χ0v) is 12.4. The van der Waals surface area contributed by atoms with E-state index < -0.39 is 12.0 Å². The molecule has 0 aliphatic rings. The van der Waals surface area contributed by atoms with Crippen molar-refractivity contribution in [1.29, 1.82) is 0 Å². The van der Waals surface area contributed by atoms with Crippen molar-refractivity contribution >= 4 is 12.3 Å². The van der Waals surface area contributed by atoms with Gasteiger partial charge in [-0.2, -0.15) is 0 Å². The van der Waals surface area contributed by atoms with Crippen LogP contribution in [0.4, 0.5) is 0 Å². The quantitative estimate of drug-likeness (QED) is 0.771. The first-order chi connectivity index (χ1) is 10.7. The predicted molar refractivity (Wildman–Crippen MR) is 85.0 cm³/mol. The van der Waals surface area contributed by atoms with Crippen LogP contribution in [0.15, 0.2) is 54.6 Å². The number of hydrogen-bond donors (Lipinski definition) is 2. The Morgan fingerprint density at radius 1 is 1.14 bits per heavy atom. The predicted octanol–water partition coefficient (Wildman–Crippen LogP) is 3.04. The molecule has 0 amide bonds. The number of aldehydes is 1. The molecule has 0 spiro atoms. The van der Waals surface area contributed by atoms with E-state index in [9.17, 15) is 14.7 Å². The van der Waals surface area contributed by atoms with E-state index in [1.165, 1.54) is 0 Å². The van der Waals surface area contributed by atoms with Crippen molar-refractivity contribution in [3.63, 3.8) is 0 Å². The number of carboxylic acid groups (broad SMARTS) is 1. The van der Waals surface area contributed by atoms with Gasteiger partial charge in [-0.25, -0.2) is 0 Å². The third-order valence-electron chi connectivity index (χ3n) is 3.64. The molecule has 0 saturated carbocycles. The molecule has 2 N–H and O–H groups in total. The van der Waals surface area contributed by atoms with Gasteiger partial charge in [-0.3, -0.25) is 14.9 Å². The Kier molecular flexibility index (Phi) is 5.44. The van der Waals surface area contributed by atoms with Crippen molar-refractivity contribution in [2.45, 2.75) is 25.4 Å². The molecule has 2 atom stereocenters. The maximum Gasteiger partial charge on any atom is 0.320 e. The number of rotatable bonds is 7. The maximum absolute atomic E-state index is 11.4. The molecular formula is C18H19NO3. The summed E-state index contributed by atoms with van der Waals surface area (Å²) in [5.41, 5.74) is 2.27. The van der Waals surface area contributed by atoms with Crippen LogP contribution in [-0.4, -0.2) is 23.4 Å². The average molecular weight is 297 g/mol. The van der Waals surface area contributed by atoms with Gasteiger partial charge in [0.25, 0.3) is 0 Å². The van der Waals surface area contributed by atoms with E-state index in [2.05, 4.69) is 5.32 Å². The number of carboxylic acids is 1. The topological polar surface area (TPSA) is 66.4 Å². The Hall–Kier alpha value is -2.46. The maximum atomic E-state index is 11.4. The summed E-state index contributed by atoms with van der Waals surface area (Å²) < 4.78 is 0. The monoisotopic (exact) mass is 297 g/mol. The summed E-state index contributed by atoms with van der Waals surface area (Å²) in [6, 6.07) is 15.8. The van der Waals surface area contributed by atoms with Crippen molar-refractivity contribution in [3.8, 4) is 0 Å². The van der Waals surface area contributed by atoms with Crippen molar-refractivity contribution in [2.24, 2.45) is 0 Å². The van der Waals surface area contributed by atoms with Gasteiger partial charge >= 0.3 is 5.97 Å². The lowest BCUT2D eigenvalue weighted by atomic mass is 9.94. The fourth-order valence-electron chi connectivity index (χ4n) is 2.46. The fourth-order valence-corrected chi connectivity index (χ4v) is 2.46. The van der Waals surface area contributed by atoms with Crippen LogP contribution >= 0.6 is 0 Å². The molecule has 2 unspecified atom stereocenters. The minimum absolute atomic E-state index is 0.344. The molecular weight excluding hydrogens is 278 g/mol. The summed E-state index contributed by atoms with van der Waals surface area (Å²) in [6.45, 7) is 1.82. The zero-order chi connectivity index (χ0) is 15.9. The lowest BCUT2D eigenvalue weighted by molar-refractivity contribution is -0.139. The summed E-state index contributed by atoms with van der Waals surface area (Å²) in [4.78, 5) is 22.7. The van der Waals surface area contributed by atoms with Crippen molar-refractivity contribution < 1.29 is 14.7 Å². The molecule has 0 radical (unpaired) electrons. The van der Waals surface area contributed by atoms with Gasteiger partial charge in [0.05, 0.1) is 6.04 Å². The van der Waals surface area contributed by atoms with Crippen molar-refractivity contribution in [1.82, 2.24) is 5.32 Å². The molecule has 0 saturated heterocycles. The SMILES string of the molecule is CCC(NC(c1ccccc1)c1ccccc1C=O)C(=O)O. The largest absolute Gasteiger partial charge is 0.480 e. The fraction of sp³-hybridized carbons (Fsp3) is 0.222. The number of carbonyl (C=O) groups is 2. The molecule has 0 aromatic heterocycles. The summed E-state index contributed by atoms with van der Waals surface area (Å²) in [5, 5.41) is 12.5. The molecule has 2 aromatic carbocycles. The van der Waals surface area contributed by atoms with E-state index in [0.717, 1.165) is 17.4 Å². The van der Waals surface area contributed by atoms with Crippen molar-refractivity contribution in [2.75, 3.05) is 0 Å². The van der Waals surface area contributed by atoms with Crippen molar-refractivity contribution in [3.05, 3.63) is 71.3 Å². The second-order valence-corrected chi connectivity index (χ2v) is 5.06. The number of nitrogens with one attached hydrogen (secondary N) is 1. The van der Waals surface area contributed by atoms with E-state index in [1.807, 2.05) is 49.4 Å². The molecule has 2 rings (SSSR count). The molecule has 2 aromatic rings. The average Bonchev–Trinajstić information content (AvgIpc) is 2.56. The van der Waals surface area contributed by atoms with Gasteiger partial charge in [-0.1, -0.05) is 61.5 Å². The molecule has 4 heteroatoms. The Bertz CT molecular complexity index is 640. The first-order valence-corrected chi connectivity index (χ1v) is 7.25. The number of hydrogen-bond acceptors (Lipinski definition) is 3. The molecule has 0 bridgehead atoms. The molecule has 4 nitrogen and oxygen atoms in total. The van der Waals surface area contributed by atoms with Gasteiger partial charge < -0.3 is 5.11 Å². The second kappa shape index (κ2) is 7.52. The van der Waals surface area contributed by atoms with Crippen LogP contribution in [0, 0.1) is 0 Å². The Balaban J connectivity index is 2.46. The summed E-state index contributed by atoms with van der Waals surface area (Å²) in [7, 11) is 0. The lowest BCUT2D eigenvalue weighted by Gasteiger charge is -2.24. The van der Waals surface area contributed by atoms with Crippen LogP contribution in [0.25, 0.3) is 0 Å². The van der Waals surface area contributed by atoms with Crippen LogP contribution in [-0.2, 0) is 4.79 Å². The lowest BCUT2D eigenvalue weighted by Crippen LogP contribution is -2.39. The summed E-state index contributed by atoms with van der Waals surface area (Å²) >= 11 is 0. The molecule has 0 heterocycles. The highest BCUT2D eigenvalue weighted by Gasteiger charge is 2.23. The molecule has 114 valence electrons. The van der Waals surface area contributed by atoms with Gasteiger partial charge in [-0.05, 0) is 17.5 Å². The van der Waals surface area contributed by atoms with E-state index in [4.69, 9.17) is 0 Å². The highest BCUT2D eigenvalue weighted by molar-refractivity contribution is 5.78. The normalized spacial score (nSPS) is 13.3. The highest BCUT2D eigenvalue weighted by atomic mass is 16.4. The first kappa shape index (κ1) is 15.9. The van der Waals surface area contributed by atoms with E-state index in [0.29, 0.717) is 12.0 Å². The van der Waals surface area contributed by atoms with Gasteiger partial charge in [0.15, 0.2) is 0 Å². The van der Waals surface area contributed by atoms with Crippen LogP contribution in [0.5, 0.6) is 0 Å².